The summed E-state index contributed by atoms with van der Waals surface area (Å²) in [7, 11) is 0. The van der Waals surface area contributed by atoms with Gasteiger partial charge in [-0.2, -0.15) is 4.98 Å². The Kier molecular flexibility index (Phi) is 6.59. The number of likely N-dealkylation sites (tertiary alicyclic amines) is 1. The third kappa shape index (κ3) is 4.63. The molecule has 2 saturated heterocycles. The van der Waals surface area contributed by atoms with Gasteiger partial charge in [0.05, 0.1) is 5.92 Å². The highest BCUT2D eigenvalue weighted by atomic mass is 16.5. The molecule has 0 aromatic carbocycles. The van der Waals surface area contributed by atoms with Gasteiger partial charge in [0.1, 0.15) is 17.2 Å². The molecule has 162 valence electrons. The van der Waals surface area contributed by atoms with Gasteiger partial charge in [-0.05, 0) is 39.0 Å². The second kappa shape index (κ2) is 9.53. The van der Waals surface area contributed by atoms with E-state index in [-0.39, 0.29) is 5.92 Å². The quantitative estimate of drug-likeness (QED) is 0.743. The summed E-state index contributed by atoms with van der Waals surface area (Å²) >= 11 is 0. The molecule has 2 aliphatic heterocycles. The van der Waals surface area contributed by atoms with E-state index in [1.807, 2.05) is 6.92 Å². The van der Waals surface area contributed by atoms with E-state index in [1.54, 1.807) is 6.20 Å². The molecular formula is C22H32N6O2. The van der Waals surface area contributed by atoms with Gasteiger partial charge in [0.15, 0.2) is 5.82 Å². The first-order valence-electron chi connectivity index (χ1n) is 11.4. The van der Waals surface area contributed by atoms with Crippen molar-refractivity contribution in [1.82, 2.24) is 25.0 Å². The van der Waals surface area contributed by atoms with Crippen LogP contribution < -0.4 is 4.90 Å². The average molecular weight is 413 g/mol. The molecule has 2 aromatic heterocycles. The minimum atomic E-state index is 0.0123. The Hall–Kier alpha value is -2.51. The lowest BCUT2D eigenvalue weighted by molar-refractivity contribution is -0.135. The fraction of sp³-hybridized carbons (Fsp3) is 0.682. The van der Waals surface area contributed by atoms with Gasteiger partial charge in [0.2, 0.25) is 5.91 Å². The van der Waals surface area contributed by atoms with Crippen molar-refractivity contribution in [2.75, 3.05) is 31.1 Å². The molecule has 4 heterocycles. The topological polar surface area (TPSA) is 88.2 Å². The Bertz CT molecular complexity index is 859. The second-order valence-corrected chi connectivity index (χ2v) is 8.44. The number of anilines is 1. The van der Waals surface area contributed by atoms with Crippen molar-refractivity contribution in [2.24, 2.45) is 5.92 Å². The summed E-state index contributed by atoms with van der Waals surface area (Å²) in [4.78, 5) is 31.1. The molecule has 0 bridgehead atoms. The van der Waals surface area contributed by atoms with Crippen LogP contribution in [0.4, 0.5) is 5.82 Å². The minimum Gasteiger partial charge on any atom is -0.355 e. The molecule has 4 rings (SSSR count). The SMILES string of the molecule is CCCc1noc(-c2cnc(C)nc2N2CCCC(C(=O)N3CCCCCC3)C2)n1. The normalized spacial score (nSPS) is 20.3. The number of amides is 1. The summed E-state index contributed by atoms with van der Waals surface area (Å²) in [6.07, 6.45) is 10.1. The maximum Gasteiger partial charge on any atom is 0.263 e. The van der Waals surface area contributed by atoms with Crippen LogP contribution in [0.25, 0.3) is 11.5 Å². The lowest BCUT2D eigenvalue weighted by Crippen LogP contribution is -2.45. The van der Waals surface area contributed by atoms with Crippen molar-refractivity contribution in [3.63, 3.8) is 0 Å². The monoisotopic (exact) mass is 412 g/mol. The van der Waals surface area contributed by atoms with E-state index < -0.39 is 0 Å². The zero-order chi connectivity index (χ0) is 20.9. The van der Waals surface area contributed by atoms with Crippen molar-refractivity contribution in [3.8, 4) is 11.5 Å². The van der Waals surface area contributed by atoms with E-state index in [2.05, 4.69) is 31.8 Å². The number of nitrogens with zero attached hydrogens (tertiary/aromatic N) is 6. The van der Waals surface area contributed by atoms with E-state index in [0.717, 1.165) is 69.5 Å². The number of piperidine rings is 1. The highest BCUT2D eigenvalue weighted by molar-refractivity contribution is 5.80. The largest absolute Gasteiger partial charge is 0.355 e. The van der Waals surface area contributed by atoms with E-state index >= 15 is 0 Å². The number of hydrogen-bond acceptors (Lipinski definition) is 7. The summed E-state index contributed by atoms with van der Waals surface area (Å²) in [5.74, 6) is 2.96. The lowest BCUT2D eigenvalue weighted by atomic mass is 9.96. The van der Waals surface area contributed by atoms with E-state index in [1.165, 1.54) is 12.8 Å². The van der Waals surface area contributed by atoms with Gasteiger partial charge >= 0.3 is 0 Å². The van der Waals surface area contributed by atoms with Gasteiger partial charge in [-0.1, -0.05) is 24.9 Å². The molecule has 0 aliphatic carbocycles. The number of hydrogen-bond donors (Lipinski definition) is 0. The molecule has 2 fully saturated rings. The highest BCUT2D eigenvalue weighted by Gasteiger charge is 2.32. The molecule has 0 spiro atoms. The summed E-state index contributed by atoms with van der Waals surface area (Å²) < 4.78 is 5.52. The van der Waals surface area contributed by atoms with E-state index in [9.17, 15) is 4.79 Å². The molecule has 0 radical (unpaired) electrons. The minimum absolute atomic E-state index is 0.0123. The van der Waals surface area contributed by atoms with Crippen LogP contribution >= 0.6 is 0 Å². The Labute approximate surface area is 178 Å². The lowest BCUT2D eigenvalue weighted by Gasteiger charge is -2.36. The third-order valence-corrected chi connectivity index (χ3v) is 6.05. The Morgan fingerprint density at radius 1 is 1.13 bits per heavy atom. The second-order valence-electron chi connectivity index (χ2n) is 8.44. The van der Waals surface area contributed by atoms with Gasteiger partial charge in [0.25, 0.3) is 5.89 Å². The van der Waals surface area contributed by atoms with Crippen molar-refractivity contribution in [2.45, 2.75) is 65.2 Å². The summed E-state index contributed by atoms with van der Waals surface area (Å²) in [5.41, 5.74) is 0.748. The predicted molar refractivity (Wildman–Crippen MR) is 114 cm³/mol. The van der Waals surface area contributed by atoms with Gasteiger partial charge in [-0.15, -0.1) is 0 Å². The molecule has 2 aromatic rings. The predicted octanol–water partition coefficient (Wildman–Crippen LogP) is 3.41. The average Bonchev–Trinajstić information content (AvgIpc) is 3.05. The van der Waals surface area contributed by atoms with Gasteiger partial charge in [0, 0.05) is 38.8 Å². The van der Waals surface area contributed by atoms with Crippen LogP contribution in [-0.2, 0) is 11.2 Å². The number of rotatable bonds is 5. The Balaban J connectivity index is 1.55. The van der Waals surface area contributed by atoms with Crippen LogP contribution in [0.2, 0.25) is 0 Å². The summed E-state index contributed by atoms with van der Waals surface area (Å²) in [5, 5.41) is 4.08. The molecule has 8 heteroatoms. The van der Waals surface area contributed by atoms with Crippen LogP contribution in [0.15, 0.2) is 10.7 Å². The van der Waals surface area contributed by atoms with Crippen LogP contribution in [0.5, 0.6) is 0 Å². The van der Waals surface area contributed by atoms with Crippen molar-refractivity contribution in [1.29, 1.82) is 0 Å². The van der Waals surface area contributed by atoms with Gasteiger partial charge in [-0.3, -0.25) is 4.79 Å². The number of aromatic nitrogens is 4. The van der Waals surface area contributed by atoms with Crippen LogP contribution in [0.1, 0.15) is 63.5 Å². The molecule has 30 heavy (non-hydrogen) atoms. The standard InChI is InChI=1S/C22H32N6O2/c1-3-9-19-25-21(30-26-19)18-14-23-16(2)24-20(18)28-13-8-10-17(15-28)22(29)27-11-6-4-5-7-12-27/h14,17H,3-13,15H2,1-2H3. The molecule has 0 N–H and O–H groups in total. The fourth-order valence-corrected chi connectivity index (χ4v) is 4.46. The Morgan fingerprint density at radius 2 is 1.93 bits per heavy atom. The molecule has 1 atom stereocenters. The molecule has 0 saturated carbocycles. The van der Waals surface area contributed by atoms with Crippen LogP contribution in [0, 0.1) is 12.8 Å². The number of carbonyl (C=O) groups excluding carboxylic acids is 1. The molecular weight excluding hydrogens is 380 g/mol. The van der Waals surface area contributed by atoms with Crippen LogP contribution in [0.3, 0.4) is 0 Å². The first-order valence-corrected chi connectivity index (χ1v) is 11.4. The van der Waals surface area contributed by atoms with Crippen molar-refractivity contribution in [3.05, 3.63) is 17.8 Å². The first-order chi connectivity index (χ1) is 14.7. The van der Waals surface area contributed by atoms with Crippen LogP contribution in [-0.4, -0.2) is 57.1 Å². The maximum atomic E-state index is 13.2. The summed E-state index contributed by atoms with van der Waals surface area (Å²) in [6, 6.07) is 0. The van der Waals surface area contributed by atoms with Crippen molar-refractivity contribution >= 4 is 11.7 Å². The Morgan fingerprint density at radius 3 is 2.70 bits per heavy atom. The first kappa shape index (κ1) is 20.8. The molecule has 1 unspecified atom stereocenters. The highest BCUT2D eigenvalue weighted by Crippen LogP contribution is 2.31. The zero-order valence-electron chi connectivity index (χ0n) is 18.1. The fourth-order valence-electron chi connectivity index (χ4n) is 4.46. The molecule has 2 aliphatic rings. The number of aryl methyl sites for hydroxylation is 2. The zero-order valence-corrected chi connectivity index (χ0v) is 18.1. The van der Waals surface area contributed by atoms with Gasteiger partial charge < -0.3 is 14.3 Å². The molecule has 8 nitrogen and oxygen atoms in total. The van der Waals surface area contributed by atoms with E-state index in [0.29, 0.717) is 30.0 Å². The van der Waals surface area contributed by atoms with E-state index in [4.69, 9.17) is 9.51 Å². The third-order valence-electron chi connectivity index (χ3n) is 6.05. The maximum absolute atomic E-state index is 13.2. The molecule has 1 amide bonds. The van der Waals surface area contributed by atoms with Gasteiger partial charge in [-0.25, -0.2) is 9.97 Å². The summed E-state index contributed by atoms with van der Waals surface area (Å²) in [6.45, 7) is 7.31. The smallest absolute Gasteiger partial charge is 0.263 e. The van der Waals surface area contributed by atoms with Crippen molar-refractivity contribution < 1.29 is 9.32 Å². The number of carbonyl (C=O) groups is 1.